The van der Waals surface area contributed by atoms with Crippen molar-refractivity contribution in [2.75, 3.05) is 37.6 Å². The van der Waals surface area contributed by atoms with Crippen LogP contribution in [-0.4, -0.2) is 48.8 Å². The fourth-order valence-corrected chi connectivity index (χ4v) is 3.36. The number of aliphatic hydroxyl groups excluding tert-OH is 1. The summed E-state index contributed by atoms with van der Waals surface area (Å²) in [7, 11) is 0. The molecule has 25 heavy (non-hydrogen) atoms. The topological polar surface area (TPSA) is 26.7 Å². The van der Waals surface area contributed by atoms with E-state index in [-0.39, 0.29) is 11.8 Å². The summed E-state index contributed by atoms with van der Waals surface area (Å²) in [6.45, 7) is 5.23. The van der Waals surface area contributed by atoms with Gasteiger partial charge in [-0.25, -0.2) is 0 Å². The number of aliphatic hydroxyl groups is 1. The zero-order valence-electron chi connectivity index (χ0n) is 14.9. The Balaban J connectivity index is 1.82. The largest absolute Gasteiger partial charge is 0.418 e. The number of rotatable bonds is 8. The molecule has 1 atom stereocenters. The van der Waals surface area contributed by atoms with Gasteiger partial charge in [-0.05, 0) is 18.6 Å². The van der Waals surface area contributed by atoms with Crippen LogP contribution in [0.15, 0.2) is 24.3 Å². The zero-order valence-corrected chi connectivity index (χ0v) is 14.9. The van der Waals surface area contributed by atoms with Crippen molar-refractivity contribution in [3.8, 4) is 0 Å². The molecule has 1 aliphatic heterocycles. The maximum Gasteiger partial charge on any atom is 0.418 e. The second kappa shape index (κ2) is 9.43. The van der Waals surface area contributed by atoms with Crippen molar-refractivity contribution in [2.45, 2.75) is 51.3 Å². The maximum absolute atomic E-state index is 13.2. The number of anilines is 1. The average Bonchev–Trinajstić information content (AvgIpc) is 2.59. The van der Waals surface area contributed by atoms with Crippen molar-refractivity contribution in [1.82, 2.24) is 4.90 Å². The van der Waals surface area contributed by atoms with Gasteiger partial charge in [-0.1, -0.05) is 44.7 Å². The van der Waals surface area contributed by atoms with E-state index in [1.165, 1.54) is 18.9 Å². The molecule has 1 aromatic carbocycles. The summed E-state index contributed by atoms with van der Waals surface area (Å²) in [5.74, 6) is 0. The van der Waals surface area contributed by atoms with Crippen LogP contribution in [0.2, 0.25) is 0 Å². The smallest absolute Gasteiger partial charge is 0.392 e. The van der Waals surface area contributed by atoms with Crippen molar-refractivity contribution in [2.24, 2.45) is 0 Å². The fraction of sp³-hybridized carbons (Fsp3) is 0.684. The summed E-state index contributed by atoms with van der Waals surface area (Å²) < 4.78 is 39.5. The molecule has 0 radical (unpaired) electrons. The molecule has 1 aliphatic rings. The molecule has 0 saturated carbocycles. The predicted octanol–water partition coefficient (Wildman–Crippen LogP) is 4.16. The quantitative estimate of drug-likeness (QED) is 0.707. The average molecular weight is 358 g/mol. The lowest BCUT2D eigenvalue weighted by molar-refractivity contribution is -0.137. The first-order valence-corrected chi connectivity index (χ1v) is 9.23. The highest BCUT2D eigenvalue weighted by molar-refractivity contribution is 5.55. The van der Waals surface area contributed by atoms with Crippen LogP contribution < -0.4 is 4.90 Å². The van der Waals surface area contributed by atoms with Gasteiger partial charge < -0.3 is 10.0 Å². The molecular weight excluding hydrogens is 329 g/mol. The lowest BCUT2D eigenvalue weighted by Gasteiger charge is -2.37. The Hall–Kier alpha value is -1.27. The number of β-amino-alcohol motifs (C(OH)–C–C–N with tert-alkyl or cyclic N) is 1. The van der Waals surface area contributed by atoms with Crippen LogP contribution in [-0.2, 0) is 6.18 Å². The monoisotopic (exact) mass is 358 g/mol. The highest BCUT2D eigenvalue weighted by Crippen LogP contribution is 2.36. The minimum atomic E-state index is -4.33. The van der Waals surface area contributed by atoms with Gasteiger partial charge >= 0.3 is 6.18 Å². The standard InChI is InChI=1S/C19H29F3N2O/c1-2-3-4-5-8-16(25)15-23-11-13-24(14-12-23)18-10-7-6-9-17(18)19(20,21)22/h6-7,9-10,16,25H,2-5,8,11-15H2,1H3. The summed E-state index contributed by atoms with van der Waals surface area (Å²) in [5.41, 5.74) is -0.311. The summed E-state index contributed by atoms with van der Waals surface area (Å²) in [6, 6.07) is 5.76. The Morgan fingerprint density at radius 3 is 2.36 bits per heavy atom. The van der Waals surface area contributed by atoms with Crippen molar-refractivity contribution >= 4 is 5.69 Å². The van der Waals surface area contributed by atoms with Gasteiger partial charge in [-0.3, -0.25) is 4.90 Å². The maximum atomic E-state index is 13.2. The third-order valence-corrected chi connectivity index (χ3v) is 4.78. The Bertz CT molecular complexity index is 514. The van der Waals surface area contributed by atoms with Gasteiger partial charge in [0.15, 0.2) is 0 Å². The molecule has 1 heterocycles. The third kappa shape index (κ3) is 6.19. The molecule has 1 N–H and O–H groups in total. The third-order valence-electron chi connectivity index (χ3n) is 4.78. The van der Waals surface area contributed by atoms with Crippen molar-refractivity contribution in [3.63, 3.8) is 0 Å². The first-order chi connectivity index (χ1) is 11.9. The number of para-hydroxylation sites is 1. The lowest BCUT2D eigenvalue weighted by Crippen LogP contribution is -2.49. The van der Waals surface area contributed by atoms with E-state index in [0.717, 1.165) is 25.3 Å². The van der Waals surface area contributed by atoms with Gasteiger partial charge in [0.05, 0.1) is 11.7 Å². The second-order valence-electron chi connectivity index (χ2n) is 6.81. The molecule has 0 aliphatic carbocycles. The predicted molar refractivity (Wildman–Crippen MR) is 94.9 cm³/mol. The molecule has 6 heteroatoms. The Labute approximate surface area is 148 Å². The van der Waals surface area contributed by atoms with Crippen molar-refractivity contribution in [1.29, 1.82) is 0 Å². The first-order valence-electron chi connectivity index (χ1n) is 9.23. The van der Waals surface area contributed by atoms with Gasteiger partial charge in [-0.15, -0.1) is 0 Å². The van der Waals surface area contributed by atoms with E-state index >= 15 is 0 Å². The fourth-order valence-electron chi connectivity index (χ4n) is 3.36. The number of halogens is 3. The van der Waals surface area contributed by atoms with Crippen molar-refractivity contribution < 1.29 is 18.3 Å². The van der Waals surface area contributed by atoms with Gasteiger partial charge in [0.1, 0.15) is 0 Å². The molecular formula is C19H29F3N2O. The van der Waals surface area contributed by atoms with E-state index in [9.17, 15) is 18.3 Å². The molecule has 0 amide bonds. The summed E-state index contributed by atoms with van der Waals surface area (Å²) in [4.78, 5) is 3.95. The molecule has 1 fully saturated rings. The van der Waals surface area contributed by atoms with Crippen LogP contribution in [0.4, 0.5) is 18.9 Å². The number of nitrogens with zero attached hydrogens (tertiary/aromatic N) is 2. The van der Waals surface area contributed by atoms with Crippen LogP contribution >= 0.6 is 0 Å². The SMILES string of the molecule is CCCCCCC(O)CN1CCN(c2ccccc2C(F)(F)F)CC1. The van der Waals surface area contributed by atoms with E-state index in [0.29, 0.717) is 32.7 Å². The first kappa shape index (κ1) is 20.0. The van der Waals surface area contributed by atoms with E-state index in [1.54, 1.807) is 17.0 Å². The molecule has 0 spiro atoms. The van der Waals surface area contributed by atoms with Crippen LogP contribution in [0, 0.1) is 0 Å². The molecule has 1 saturated heterocycles. The molecule has 0 aromatic heterocycles. The van der Waals surface area contributed by atoms with Gasteiger partial charge in [0.25, 0.3) is 0 Å². The summed E-state index contributed by atoms with van der Waals surface area (Å²) in [6.07, 6.45) is 0.690. The van der Waals surface area contributed by atoms with E-state index in [1.807, 2.05) is 0 Å². The molecule has 142 valence electrons. The zero-order chi connectivity index (χ0) is 18.3. The van der Waals surface area contributed by atoms with Gasteiger partial charge in [0, 0.05) is 38.4 Å². The highest BCUT2D eigenvalue weighted by atomic mass is 19.4. The molecule has 2 rings (SSSR count). The minimum Gasteiger partial charge on any atom is -0.392 e. The molecule has 1 aromatic rings. The molecule has 3 nitrogen and oxygen atoms in total. The van der Waals surface area contributed by atoms with E-state index < -0.39 is 11.7 Å². The summed E-state index contributed by atoms with van der Waals surface area (Å²) >= 11 is 0. The number of hydrogen-bond donors (Lipinski definition) is 1. The highest BCUT2D eigenvalue weighted by Gasteiger charge is 2.35. The van der Waals surface area contributed by atoms with Crippen LogP contribution in [0.3, 0.4) is 0 Å². The summed E-state index contributed by atoms with van der Waals surface area (Å²) in [5, 5.41) is 10.1. The molecule has 1 unspecified atom stereocenters. The van der Waals surface area contributed by atoms with E-state index in [2.05, 4.69) is 11.8 Å². The van der Waals surface area contributed by atoms with Crippen LogP contribution in [0.25, 0.3) is 0 Å². The van der Waals surface area contributed by atoms with E-state index in [4.69, 9.17) is 0 Å². The van der Waals surface area contributed by atoms with Crippen LogP contribution in [0.5, 0.6) is 0 Å². The number of piperazine rings is 1. The molecule has 0 bridgehead atoms. The minimum absolute atomic E-state index is 0.259. The van der Waals surface area contributed by atoms with Crippen molar-refractivity contribution in [3.05, 3.63) is 29.8 Å². The Morgan fingerprint density at radius 2 is 1.72 bits per heavy atom. The normalized spacial score (nSPS) is 17.7. The van der Waals surface area contributed by atoms with Gasteiger partial charge in [0.2, 0.25) is 0 Å². The number of hydrogen-bond acceptors (Lipinski definition) is 3. The number of benzene rings is 1. The van der Waals surface area contributed by atoms with Crippen LogP contribution in [0.1, 0.15) is 44.6 Å². The second-order valence-corrected chi connectivity index (χ2v) is 6.81. The number of unbranched alkanes of at least 4 members (excludes halogenated alkanes) is 3. The Morgan fingerprint density at radius 1 is 1.04 bits per heavy atom. The number of alkyl halides is 3. The van der Waals surface area contributed by atoms with Gasteiger partial charge in [-0.2, -0.15) is 13.2 Å². The Kier molecular flexibility index (Phi) is 7.56. The lowest BCUT2D eigenvalue weighted by atomic mass is 10.1.